The molecule has 0 radical (unpaired) electrons. The van der Waals surface area contributed by atoms with Crippen LogP contribution in [0.5, 0.6) is 0 Å². The topological polar surface area (TPSA) is 323 Å². The van der Waals surface area contributed by atoms with Crippen LogP contribution in [0.1, 0.15) is 45.4 Å². The molecule has 37 heavy (non-hydrogen) atoms. The lowest BCUT2D eigenvalue weighted by atomic mass is 10.1. The Morgan fingerprint density at radius 1 is 0.703 bits per heavy atom. The van der Waals surface area contributed by atoms with Crippen molar-refractivity contribution in [3.05, 3.63) is 0 Å². The van der Waals surface area contributed by atoms with Gasteiger partial charge in [0.05, 0.1) is 6.04 Å². The number of aliphatic imine (C=N–C) groups is 2. The van der Waals surface area contributed by atoms with Crippen molar-refractivity contribution in [3.63, 3.8) is 0 Å². The number of hydrogen-bond acceptors (Lipinski definition) is 8. The minimum atomic E-state index is -1.30. The molecule has 0 heterocycles. The van der Waals surface area contributed by atoms with Crippen LogP contribution in [0.4, 0.5) is 0 Å². The van der Waals surface area contributed by atoms with Gasteiger partial charge in [-0.25, -0.2) is 4.79 Å². The second-order valence-electron chi connectivity index (χ2n) is 8.21. The lowest BCUT2D eigenvalue weighted by molar-refractivity contribution is -0.142. The number of carboxylic acid groups (broad SMARTS) is 1. The third kappa shape index (κ3) is 15.5. The standard InChI is InChI=1S/C20H39N11O6/c1-10(21)15(33)29-12(6-7-14(22)32)17(35)30-11(4-2-8-27-19(23)24)16(34)31-13(18(36)37)5-3-9-28-20(25)26/h10-13H,2-9,21H2,1H3,(H2,22,32)(H,29,33)(H,30,35)(H,31,34)(H,36,37)(H4,23,24,27)(H4,25,26,28). The predicted octanol–water partition coefficient (Wildman–Crippen LogP) is -4.75. The number of amides is 4. The number of nitrogens with two attached hydrogens (primary N) is 6. The first-order valence-electron chi connectivity index (χ1n) is 11.5. The normalized spacial score (nSPS) is 13.7. The van der Waals surface area contributed by atoms with Crippen LogP contribution in [-0.2, 0) is 24.0 Å². The van der Waals surface area contributed by atoms with E-state index in [2.05, 4.69) is 25.9 Å². The molecule has 16 N–H and O–H groups in total. The monoisotopic (exact) mass is 529 g/mol. The minimum absolute atomic E-state index is 0.0121. The van der Waals surface area contributed by atoms with Gasteiger partial charge in [0.25, 0.3) is 0 Å². The van der Waals surface area contributed by atoms with Gasteiger partial charge in [-0.1, -0.05) is 0 Å². The number of hydrogen-bond donors (Lipinski definition) is 10. The quantitative estimate of drug-likeness (QED) is 0.0456. The third-order valence-corrected chi connectivity index (χ3v) is 4.86. The van der Waals surface area contributed by atoms with E-state index in [1.54, 1.807) is 0 Å². The van der Waals surface area contributed by atoms with Gasteiger partial charge in [0.1, 0.15) is 18.1 Å². The molecule has 210 valence electrons. The highest BCUT2D eigenvalue weighted by Gasteiger charge is 2.29. The van der Waals surface area contributed by atoms with Crippen LogP contribution in [0.3, 0.4) is 0 Å². The van der Waals surface area contributed by atoms with E-state index >= 15 is 0 Å². The van der Waals surface area contributed by atoms with Crippen LogP contribution in [0, 0.1) is 0 Å². The summed E-state index contributed by atoms with van der Waals surface area (Å²) in [4.78, 5) is 68.4. The highest BCUT2D eigenvalue weighted by molar-refractivity contribution is 5.94. The number of carbonyl (C=O) groups is 5. The fraction of sp³-hybridized carbons (Fsp3) is 0.650. The van der Waals surface area contributed by atoms with Crippen molar-refractivity contribution in [2.45, 2.75) is 69.6 Å². The van der Waals surface area contributed by atoms with Gasteiger partial charge in [-0.3, -0.25) is 29.2 Å². The number of rotatable bonds is 18. The van der Waals surface area contributed by atoms with E-state index in [-0.39, 0.29) is 63.5 Å². The predicted molar refractivity (Wildman–Crippen MR) is 135 cm³/mol. The summed E-state index contributed by atoms with van der Waals surface area (Å²) in [7, 11) is 0. The first-order chi connectivity index (χ1) is 17.2. The third-order valence-electron chi connectivity index (χ3n) is 4.86. The van der Waals surface area contributed by atoms with E-state index in [0.717, 1.165) is 0 Å². The van der Waals surface area contributed by atoms with Gasteiger partial charge in [-0.05, 0) is 39.0 Å². The molecule has 0 aromatic heterocycles. The zero-order chi connectivity index (χ0) is 28.5. The number of guanidine groups is 2. The molecular formula is C20H39N11O6. The number of primary amides is 1. The molecule has 0 saturated carbocycles. The second kappa shape index (κ2) is 17.3. The average Bonchev–Trinajstić information content (AvgIpc) is 2.79. The van der Waals surface area contributed by atoms with Crippen LogP contribution in [-0.4, -0.2) is 83.9 Å². The fourth-order valence-corrected chi connectivity index (χ4v) is 2.94. The first kappa shape index (κ1) is 32.9. The number of carboxylic acids is 1. The summed E-state index contributed by atoms with van der Waals surface area (Å²) in [6.07, 6.45) is 0.169. The summed E-state index contributed by atoms with van der Waals surface area (Å²) >= 11 is 0. The highest BCUT2D eigenvalue weighted by atomic mass is 16.4. The van der Waals surface area contributed by atoms with Crippen molar-refractivity contribution < 1.29 is 29.1 Å². The zero-order valence-electron chi connectivity index (χ0n) is 20.8. The average molecular weight is 530 g/mol. The van der Waals surface area contributed by atoms with Crippen molar-refractivity contribution in [2.24, 2.45) is 44.4 Å². The molecule has 0 aliphatic carbocycles. The fourth-order valence-electron chi connectivity index (χ4n) is 2.94. The van der Waals surface area contributed by atoms with Gasteiger partial charge in [0.15, 0.2) is 11.9 Å². The Kier molecular flexibility index (Phi) is 15.4. The lowest BCUT2D eigenvalue weighted by Crippen LogP contribution is -2.57. The lowest BCUT2D eigenvalue weighted by Gasteiger charge is -2.25. The van der Waals surface area contributed by atoms with Gasteiger partial charge in [0, 0.05) is 19.5 Å². The van der Waals surface area contributed by atoms with E-state index in [1.165, 1.54) is 6.92 Å². The molecule has 17 heteroatoms. The molecule has 17 nitrogen and oxygen atoms in total. The van der Waals surface area contributed by atoms with Gasteiger partial charge in [-0.15, -0.1) is 0 Å². The molecule has 4 unspecified atom stereocenters. The summed E-state index contributed by atoms with van der Waals surface area (Å²) < 4.78 is 0. The van der Waals surface area contributed by atoms with Crippen molar-refractivity contribution in [3.8, 4) is 0 Å². The van der Waals surface area contributed by atoms with Crippen LogP contribution in [0.2, 0.25) is 0 Å². The van der Waals surface area contributed by atoms with E-state index in [9.17, 15) is 29.1 Å². The SMILES string of the molecule is CC(N)C(=O)NC(CCC(N)=O)C(=O)NC(CCCN=C(N)N)C(=O)NC(CCCN=C(N)N)C(=O)O. The maximum Gasteiger partial charge on any atom is 0.326 e. The van der Waals surface area contributed by atoms with E-state index < -0.39 is 53.8 Å². The van der Waals surface area contributed by atoms with Gasteiger partial charge >= 0.3 is 5.97 Å². The molecule has 0 saturated heterocycles. The van der Waals surface area contributed by atoms with Crippen LogP contribution in [0.25, 0.3) is 0 Å². The number of nitrogens with one attached hydrogen (secondary N) is 3. The van der Waals surface area contributed by atoms with E-state index in [1.807, 2.05) is 0 Å². The van der Waals surface area contributed by atoms with E-state index in [0.29, 0.717) is 0 Å². The second-order valence-corrected chi connectivity index (χ2v) is 8.21. The van der Waals surface area contributed by atoms with Crippen LogP contribution < -0.4 is 50.4 Å². The Morgan fingerprint density at radius 2 is 1.11 bits per heavy atom. The summed E-state index contributed by atoms with van der Waals surface area (Å²) in [6.45, 7) is 1.69. The first-order valence-corrected chi connectivity index (χ1v) is 11.5. The highest BCUT2D eigenvalue weighted by Crippen LogP contribution is 2.06. The molecule has 4 amide bonds. The Balaban J connectivity index is 5.59. The molecule has 0 bridgehead atoms. The number of carbonyl (C=O) groups excluding carboxylic acids is 4. The van der Waals surface area contributed by atoms with Crippen molar-refractivity contribution in [1.82, 2.24) is 16.0 Å². The Morgan fingerprint density at radius 3 is 1.51 bits per heavy atom. The van der Waals surface area contributed by atoms with Crippen molar-refractivity contribution >= 4 is 41.5 Å². The zero-order valence-corrected chi connectivity index (χ0v) is 20.8. The molecule has 0 aromatic rings. The van der Waals surface area contributed by atoms with Gasteiger partial charge in [-0.2, -0.15) is 0 Å². The number of aliphatic carboxylic acids is 1. The van der Waals surface area contributed by atoms with Crippen LogP contribution >= 0.6 is 0 Å². The minimum Gasteiger partial charge on any atom is -0.480 e. The Hall–Kier alpha value is -4.15. The molecular weight excluding hydrogens is 490 g/mol. The maximum absolute atomic E-state index is 13.0. The van der Waals surface area contributed by atoms with Gasteiger partial charge < -0.3 is 55.5 Å². The smallest absolute Gasteiger partial charge is 0.326 e. The Labute approximate surface area is 214 Å². The molecule has 0 rings (SSSR count). The molecule has 0 spiro atoms. The van der Waals surface area contributed by atoms with Gasteiger partial charge in [0.2, 0.25) is 23.6 Å². The molecule has 0 aromatic carbocycles. The molecule has 0 aliphatic heterocycles. The van der Waals surface area contributed by atoms with E-state index in [4.69, 9.17) is 34.4 Å². The summed E-state index contributed by atoms with van der Waals surface area (Å²) in [5.41, 5.74) is 31.8. The van der Waals surface area contributed by atoms with Crippen molar-refractivity contribution in [1.29, 1.82) is 0 Å². The summed E-state index contributed by atoms with van der Waals surface area (Å²) in [6, 6.07) is -4.68. The summed E-state index contributed by atoms with van der Waals surface area (Å²) in [5, 5.41) is 16.8. The Bertz CT molecular complexity index is 854. The number of nitrogens with zero attached hydrogens (tertiary/aromatic N) is 2. The van der Waals surface area contributed by atoms with Crippen molar-refractivity contribution in [2.75, 3.05) is 13.1 Å². The maximum atomic E-state index is 13.0. The van der Waals surface area contributed by atoms with Crippen LogP contribution in [0.15, 0.2) is 9.98 Å². The summed E-state index contributed by atoms with van der Waals surface area (Å²) in [5.74, 6) is -4.57. The molecule has 0 aliphatic rings. The molecule has 4 atom stereocenters. The largest absolute Gasteiger partial charge is 0.480 e. The molecule has 0 fully saturated rings.